The summed E-state index contributed by atoms with van der Waals surface area (Å²) in [5, 5.41) is 20.1. The van der Waals surface area contributed by atoms with Crippen LogP contribution in [-0.4, -0.2) is 29.6 Å². The predicted molar refractivity (Wildman–Crippen MR) is 36.0 cm³/mol. The second kappa shape index (κ2) is 4.73. The maximum atomic E-state index is 8.64. The lowest BCUT2D eigenvalue weighted by atomic mass is 10.1. The average Bonchev–Trinajstić information content (AvgIpc) is 1.82. The summed E-state index contributed by atoms with van der Waals surface area (Å²) < 4.78 is 0. The summed E-state index contributed by atoms with van der Waals surface area (Å²) in [6.07, 6.45) is 0.534. The number of aliphatic hydroxyl groups is 2. The monoisotopic (exact) mass is 133 g/mol. The zero-order valence-electron chi connectivity index (χ0n) is 5.96. The van der Waals surface area contributed by atoms with Crippen molar-refractivity contribution in [2.75, 3.05) is 7.05 Å². The Labute approximate surface area is 55.7 Å². The number of hydrogen-bond acceptors (Lipinski definition) is 3. The van der Waals surface area contributed by atoms with Crippen LogP contribution < -0.4 is 5.32 Å². The van der Waals surface area contributed by atoms with Gasteiger partial charge in [0.15, 0.2) is 6.29 Å². The Morgan fingerprint density at radius 2 is 2.00 bits per heavy atom. The summed E-state index contributed by atoms with van der Waals surface area (Å²) in [6.45, 7) is 2.01. The molecule has 0 bridgehead atoms. The molecule has 0 aromatic heterocycles. The molecule has 0 amide bonds. The molecule has 0 spiro atoms. The summed E-state index contributed by atoms with van der Waals surface area (Å²) in [7, 11) is 1.72. The summed E-state index contributed by atoms with van der Waals surface area (Å²) in [5.41, 5.74) is 0. The van der Waals surface area contributed by atoms with Crippen LogP contribution in [0.25, 0.3) is 0 Å². The van der Waals surface area contributed by atoms with Crippen LogP contribution >= 0.6 is 0 Å². The quantitative estimate of drug-likeness (QED) is 0.461. The number of hydrogen-bond donors (Lipinski definition) is 3. The van der Waals surface area contributed by atoms with Crippen molar-refractivity contribution in [3.63, 3.8) is 0 Å². The fraction of sp³-hybridized carbons (Fsp3) is 1.00. The minimum absolute atomic E-state index is 0.171. The summed E-state index contributed by atoms with van der Waals surface area (Å²) in [5.74, 6) is 0. The Morgan fingerprint density at radius 1 is 1.44 bits per heavy atom. The second-order valence-electron chi connectivity index (χ2n) is 2.10. The first-order chi connectivity index (χ1) is 4.22. The Morgan fingerprint density at radius 3 is 2.11 bits per heavy atom. The number of nitrogens with one attached hydrogen (secondary N) is 1. The van der Waals surface area contributed by atoms with Gasteiger partial charge in [0.2, 0.25) is 0 Å². The van der Waals surface area contributed by atoms with Gasteiger partial charge in [0.1, 0.15) is 0 Å². The first kappa shape index (κ1) is 8.88. The molecule has 0 rings (SSSR count). The highest BCUT2D eigenvalue weighted by atomic mass is 16.5. The van der Waals surface area contributed by atoms with Gasteiger partial charge in [0, 0.05) is 0 Å². The molecule has 56 valence electrons. The Bertz CT molecular complexity index is 66.1. The van der Waals surface area contributed by atoms with Crippen LogP contribution in [0.4, 0.5) is 0 Å². The highest BCUT2D eigenvalue weighted by Gasteiger charge is 2.11. The molecule has 0 aliphatic heterocycles. The fourth-order valence-corrected chi connectivity index (χ4v) is 0.753. The fourth-order valence-electron chi connectivity index (χ4n) is 0.753. The third-order valence-electron chi connectivity index (χ3n) is 1.33. The van der Waals surface area contributed by atoms with Crippen molar-refractivity contribution >= 4 is 0 Å². The van der Waals surface area contributed by atoms with Crippen molar-refractivity contribution in [2.45, 2.75) is 32.1 Å². The van der Waals surface area contributed by atoms with Gasteiger partial charge in [-0.05, 0) is 13.5 Å². The molecule has 0 heterocycles. The molecule has 0 saturated heterocycles. The molecule has 0 aliphatic carbocycles. The number of rotatable bonds is 4. The van der Waals surface area contributed by atoms with E-state index in [-0.39, 0.29) is 6.04 Å². The van der Waals surface area contributed by atoms with Gasteiger partial charge in [0.25, 0.3) is 0 Å². The summed E-state index contributed by atoms with van der Waals surface area (Å²) >= 11 is 0. The molecule has 0 unspecified atom stereocenters. The summed E-state index contributed by atoms with van der Waals surface area (Å²) in [6, 6.07) is -0.171. The normalized spacial score (nSPS) is 14.3. The van der Waals surface area contributed by atoms with Gasteiger partial charge in [-0.15, -0.1) is 0 Å². The molecule has 3 N–H and O–H groups in total. The molecule has 0 aliphatic rings. The van der Waals surface area contributed by atoms with Crippen LogP contribution in [0.2, 0.25) is 0 Å². The topological polar surface area (TPSA) is 52.5 Å². The van der Waals surface area contributed by atoms with Crippen molar-refractivity contribution in [3.8, 4) is 0 Å². The number of aliphatic hydroxyl groups excluding tert-OH is 1. The van der Waals surface area contributed by atoms with Gasteiger partial charge in [-0.1, -0.05) is 13.3 Å². The Hall–Kier alpha value is -0.120. The van der Waals surface area contributed by atoms with Crippen molar-refractivity contribution in [1.82, 2.24) is 5.32 Å². The molecule has 0 aromatic rings. The van der Waals surface area contributed by atoms with E-state index >= 15 is 0 Å². The highest BCUT2D eigenvalue weighted by Crippen LogP contribution is 1.98. The van der Waals surface area contributed by atoms with Crippen molar-refractivity contribution in [1.29, 1.82) is 0 Å². The highest BCUT2D eigenvalue weighted by molar-refractivity contribution is 4.64. The third-order valence-corrected chi connectivity index (χ3v) is 1.33. The van der Waals surface area contributed by atoms with Gasteiger partial charge in [-0.25, -0.2) is 0 Å². The van der Waals surface area contributed by atoms with Gasteiger partial charge < -0.3 is 15.5 Å². The smallest absolute Gasteiger partial charge is 0.167 e. The van der Waals surface area contributed by atoms with Crippen molar-refractivity contribution in [3.05, 3.63) is 0 Å². The lowest BCUT2D eigenvalue weighted by Crippen LogP contribution is -2.37. The molecule has 0 saturated carbocycles. The van der Waals surface area contributed by atoms with Crippen LogP contribution in [0.5, 0.6) is 0 Å². The second-order valence-corrected chi connectivity index (χ2v) is 2.10. The largest absolute Gasteiger partial charge is 0.367 e. The van der Waals surface area contributed by atoms with E-state index in [2.05, 4.69) is 5.32 Å². The maximum absolute atomic E-state index is 8.64. The first-order valence-corrected chi connectivity index (χ1v) is 3.25. The van der Waals surface area contributed by atoms with Gasteiger partial charge >= 0.3 is 0 Å². The summed E-state index contributed by atoms with van der Waals surface area (Å²) in [4.78, 5) is 0. The molecular weight excluding hydrogens is 118 g/mol. The molecule has 0 radical (unpaired) electrons. The van der Waals surface area contributed by atoms with Crippen LogP contribution in [0, 0.1) is 0 Å². The lowest BCUT2D eigenvalue weighted by molar-refractivity contribution is -0.0671. The molecule has 1 atom stereocenters. The standard InChI is InChI=1S/C6H15NO2/c1-3-4-5(7-2)6(8)9/h5-9H,3-4H2,1-2H3/t5-/m0/s1. The zero-order valence-corrected chi connectivity index (χ0v) is 5.96. The zero-order chi connectivity index (χ0) is 7.28. The van der Waals surface area contributed by atoms with Crippen molar-refractivity contribution < 1.29 is 10.2 Å². The lowest BCUT2D eigenvalue weighted by Gasteiger charge is -2.16. The van der Waals surface area contributed by atoms with E-state index in [4.69, 9.17) is 10.2 Å². The van der Waals surface area contributed by atoms with E-state index in [0.717, 1.165) is 12.8 Å². The van der Waals surface area contributed by atoms with Crippen LogP contribution in [-0.2, 0) is 0 Å². The molecule has 0 aromatic carbocycles. The van der Waals surface area contributed by atoms with Crippen molar-refractivity contribution in [2.24, 2.45) is 0 Å². The minimum Gasteiger partial charge on any atom is -0.367 e. The molecular formula is C6H15NO2. The third kappa shape index (κ3) is 3.46. The van der Waals surface area contributed by atoms with Gasteiger partial charge in [-0.3, -0.25) is 0 Å². The first-order valence-electron chi connectivity index (χ1n) is 3.25. The van der Waals surface area contributed by atoms with E-state index in [9.17, 15) is 0 Å². The molecule has 0 fully saturated rings. The van der Waals surface area contributed by atoms with Gasteiger partial charge in [-0.2, -0.15) is 0 Å². The van der Waals surface area contributed by atoms with E-state index in [0.29, 0.717) is 0 Å². The van der Waals surface area contributed by atoms with Crippen LogP contribution in [0.1, 0.15) is 19.8 Å². The molecule has 3 nitrogen and oxygen atoms in total. The van der Waals surface area contributed by atoms with E-state index in [1.807, 2.05) is 6.92 Å². The average molecular weight is 133 g/mol. The van der Waals surface area contributed by atoms with Gasteiger partial charge in [0.05, 0.1) is 6.04 Å². The predicted octanol–water partition coefficient (Wildman–Crippen LogP) is -0.315. The van der Waals surface area contributed by atoms with Crippen LogP contribution in [0.15, 0.2) is 0 Å². The maximum Gasteiger partial charge on any atom is 0.167 e. The van der Waals surface area contributed by atoms with E-state index in [1.165, 1.54) is 0 Å². The van der Waals surface area contributed by atoms with Crippen LogP contribution in [0.3, 0.4) is 0 Å². The van der Waals surface area contributed by atoms with E-state index in [1.54, 1.807) is 7.05 Å². The van der Waals surface area contributed by atoms with E-state index < -0.39 is 6.29 Å². The Balaban J connectivity index is 3.41. The minimum atomic E-state index is -1.23. The number of likely N-dealkylation sites (N-methyl/N-ethyl adjacent to an activating group) is 1. The molecule has 3 heteroatoms. The SMILES string of the molecule is CCC[C@H](NC)C(O)O. The Kier molecular flexibility index (Phi) is 4.67. The molecule has 9 heavy (non-hydrogen) atoms.